The molecule has 2 rings (SSSR count). The summed E-state index contributed by atoms with van der Waals surface area (Å²) in [6.07, 6.45) is 0. The van der Waals surface area contributed by atoms with Gasteiger partial charge in [0, 0.05) is 17.2 Å². The van der Waals surface area contributed by atoms with Crippen LogP contribution < -0.4 is 10.2 Å². The smallest absolute Gasteiger partial charge is 0.311 e. The van der Waals surface area contributed by atoms with Crippen molar-refractivity contribution in [3.63, 3.8) is 0 Å². The van der Waals surface area contributed by atoms with Gasteiger partial charge in [0.05, 0.1) is 17.2 Å². The van der Waals surface area contributed by atoms with Gasteiger partial charge in [-0.05, 0) is 49.1 Å². The van der Waals surface area contributed by atoms with E-state index >= 15 is 0 Å². The van der Waals surface area contributed by atoms with Gasteiger partial charge in [-0.3, -0.25) is 14.9 Å². The van der Waals surface area contributed by atoms with Gasteiger partial charge in [-0.1, -0.05) is 32.9 Å². The summed E-state index contributed by atoms with van der Waals surface area (Å²) in [6.45, 7) is 10.1. The van der Waals surface area contributed by atoms with Crippen LogP contribution in [0.4, 0.5) is 5.69 Å². The molecule has 148 valence electrons. The Morgan fingerprint density at radius 3 is 2.29 bits per heavy atom. The Balaban J connectivity index is 2.16. The molecule has 0 spiro atoms. The third kappa shape index (κ3) is 5.16. The largest absolute Gasteiger partial charge is 0.487 e. The average Bonchev–Trinajstić information content (AvgIpc) is 2.65. The van der Waals surface area contributed by atoms with E-state index in [-0.39, 0.29) is 22.8 Å². The van der Waals surface area contributed by atoms with Crippen LogP contribution in [0.15, 0.2) is 47.6 Å². The first-order valence-electron chi connectivity index (χ1n) is 9.00. The molecular weight excluding hydrogens is 358 g/mol. The summed E-state index contributed by atoms with van der Waals surface area (Å²) in [7, 11) is 0. The van der Waals surface area contributed by atoms with Gasteiger partial charge in [-0.25, -0.2) is 5.43 Å². The molecule has 1 amide bonds. The lowest BCUT2D eigenvalue weighted by molar-refractivity contribution is -0.385. The maximum Gasteiger partial charge on any atom is 0.311 e. The van der Waals surface area contributed by atoms with E-state index in [1.807, 2.05) is 12.1 Å². The van der Waals surface area contributed by atoms with Gasteiger partial charge in [0.25, 0.3) is 5.91 Å². The summed E-state index contributed by atoms with van der Waals surface area (Å²) in [4.78, 5) is 23.0. The highest BCUT2D eigenvalue weighted by molar-refractivity contribution is 6.01. The summed E-state index contributed by atoms with van der Waals surface area (Å²) < 4.78 is 5.27. The van der Waals surface area contributed by atoms with E-state index in [1.165, 1.54) is 12.1 Å². The number of benzene rings is 2. The molecule has 2 aromatic carbocycles. The third-order valence-corrected chi connectivity index (χ3v) is 4.21. The predicted octanol–water partition coefficient (Wildman–Crippen LogP) is 4.45. The summed E-state index contributed by atoms with van der Waals surface area (Å²) in [5.74, 6) is -0.146. The Labute approximate surface area is 164 Å². The SMILES string of the molecule is CCOc1ccc(/C(C)=N\NC(=O)c2ccc(C(C)(C)C)cc2)cc1[N+](=O)[O-]. The molecule has 0 heterocycles. The number of hydrogen-bond donors (Lipinski definition) is 1. The lowest BCUT2D eigenvalue weighted by Gasteiger charge is -2.18. The second-order valence-electron chi connectivity index (χ2n) is 7.34. The molecular formula is C21H25N3O4. The molecule has 0 atom stereocenters. The van der Waals surface area contributed by atoms with Crippen LogP contribution >= 0.6 is 0 Å². The second kappa shape index (κ2) is 8.65. The van der Waals surface area contributed by atoms with Gasteiger partial charge in [0.15, 0.2) is 5.75 Å². The first-order chi connectivity index (χ1) is 13.1. The van der Waals surface area contributed by atoms with Crippen LogP contribution in [-0.4, -0.2) is 23.1 Å². The van der Waals surface area contributed by atoms with Crippen molar-refractivity contribution in [2.45, 2.75) is 40.0 Å². The Kier molecular flexibility index (Phi) is 6.51. The first kappa shape index (κ1) is 21.1. The minimum absolute atomic E-state index is 0.00607. The van der Waals surface area contributed by atoms with Crippen molar-refractivity contribution in [1.29, 1.82) is 0 Å². The molecule has 0 fully saturated rings. The second-order valence-corrected chi connectivity index (χ2v) is 7.34. The van der Waals surface area contributed by atoms with Crippen molar-refractivity contribution in [3.05, 3.63) is 69.3 Å². The van der Waals surface area contributed by atoms with Gasteiger partial charge in [-0.15, -0.1) is 0 Å². The molecule has 0 bridgehead atoms. The molecule has 0 saturated carbocycles. The lowest BCUT2D eigenvalue weighted by Crippen LogP contribution is -2.20. The van der Waals surface area contributed by atoms with Crippen molar-refractivity contribution >= 4 is 17.3 Å². The number of carbonyl (C=O) groups excluding carboxylic acids is 1. The molecule has 0 saturated heterocycles. The Hall–Kier alpha value is -3.22. The van der Waals surface area contributed by atoms with Crippen LogP contribution in [0.5, 0.6) is 5.75 Å². The molecule has 0 aliphatic heterocycles. The maximum atomic E-state index is 12.3. The third-order valence-electron chi connectivity index (χ3n) is 4.21. The fourth-order valence-electron chi connectivity index (χ4n) is 2.55. The van der Waals surface area contributed by atoms with Gasteiger partial charge in [0.1, 0.15) is 0 Å². The number of nitrogens with zero attached hydrogens (tertiary/aromatic N) is 2. The zero-order valence-electron chi connectivity index (χ0n) is 16.8. The average molecular weight is 383 g/mol. The minimum atomic E-state index is -0.503. The monoisotopic (exact) mass is 383 g/mol. The van der Waals surface area contributed by atoms with E-state index in [4.69, 9.17) is 4.74 Å². The molecule has 7 heteroatoms. The number of carbonyl (C=O) groups is 1. The van der Waals surface area contributed by atoms with Gasteiger partial charge in [-0.2, -0.15) is 5.10 Å². The van der Waals surface area contributed by atoms with Gasteiger partial charge < -0.3 is 4.74 Å². The number of hydrogen-bond acceptors (Lipinski definition) is 5. The molecule has 0 unspecified atom stereocenters. The van der Waals surface area contributed by atoms with Crippen molar-refractivity contribution in [2.24, 2.45) is 5.10 Å². The molecule has 0 aliphatic carbocycles. The van der Waals surface area contributed by atoms with Crippen molar-refractivity contribution in [2.75, 3.05) is 6.61 Å². The van der Waals surface area contributed by atoms with Crippen molar-refractivity contribution < 1.29 is 14.5 Å². The molecule has 7 nitrogen and oxygen atoms in total. The van der Waals surface area contributed by atoms with E-state index < -0.39 is 4.92 Å². The number of hydrazone groups is 1. The number of nitro benzene ring substituents is 1. The maximum absolute atomic E-state index is 12.3. The van der Waals surface area contributed by atoms with Crippen LogP contribution in [0.25, 0.3) is 0 Å². The minimum Gasteiger partial charge on any atom is -0.487 e. The predicted molar refractivity (Wildman–Crippen MR) is 109 cm³/mol. The van der Waals surface area contributed by atoms with Crippen molar-refractivity contribution in [3.8, 4) is 5.75 Å². The highest BCUT2D eigenvalue weighted by Gasteiger charge is 2.17. The summed E-state index contributed by atoms with van der Waals surface area (Å²) in [5.41, 5.74) is 4.95. The summed E-state index contributed by atoms with van der Waals surface area (Å²) in [5, 5.41) is 15.3. The number of nitro groups is 1. The molecule has 2 aromatic rings. The highest BCUT2D eigenvalue weighted by atomic mass is 16.6. The zero-order chi connectivity index (χ0) is 20.9. The van der Waals surface area contributed by atoms with Crippen molar-refractivity contribution in [1.82, 2.24) is 5.43 Å². The normalized spacial score (nSPS) is 11.8. The number of ether oxygens (including phenoxy) is 1. The Bertz CT molecular complexity index is 897. The fraction of sp³-hybridized carbons (Fsp3) is 0.333. The van der Waals surface area contributed by atoms with Gasteiger partial charge >= 0.3 is 5.69 Å². The topological polar surface area (TPSA) is 93.8 Å². The van der Waals surface area contributed by atoms with E-state index in [0.717, 1.165) is 5.56 Å². The highest BCUT2D eigenvalue weighted by Crippen LogP contribution is 2.28. The quantitative estimate of drug-likeness (QED) is 0.453. The standard InChI is InChI=1S/C21H25N3O4/c1-6-28-19-12-9-16(13-18(19)24(26)27)14(2)22-23-20(25)15-7-10-17(11-8-15)21(3,4)5/h7-13H,6H2,1-5H3,(H,23,25)/b22-14-. The number of amides is 1. The summed E-state index contributed by atoms with van der Waals surface area (Å²) in [6, 6.07) is 11.9. The van der Waals surface area contributed by atoms with E-state index in [2.05, 4.69) is 31.3 Å². The summed E-state index contributed by atoms with van der Waals surface area (Å²) >= 11 is 0. The fourth-order valence-corrected chi connectivity index (χ4v) is 2.55. The van der Waals surface area contributed by atoms with E-state index in [9.17, 15) is 14.9 Å². The molecule has 0 aliphatic rings. The van der Waals surface area contributed by atoms with Crippen LogP contribution in [0.3, 0.4) is 0 Å². The number of nitrogens with one attached hydrogen (secondary N) is 1. The van der Waals surface area contributed by atoms with Crippen LogP contribution in [-0.2, 0) is 5.41 Å². The molecule has 28 heavy (non-hydrogen) atoms. The first-order valence-corrected chi connectivity index (χ1v) is 9.00. The van der Waals surface area contributed by atoms with E-state index in [1.54, 1.807) is 32.0 Å². The van der Waals surface area contributed by atoms with E-state index in [0.29, 0.717) is 23.4 Å². The lowest BCUT2D eigenvalue weighted by atomic mass is 9.87. The zero-order valence-corrected chi connectivity index (χ0v) is 16.8. The Morgan fingerprint density at radius 1 is 1.14 bits per heavy atom. The molecule has 0 aromatic heterocycles. The number of rotatable bonds is 6. The molecule has 1 N–H and O–H groups in total. The van der Waals surface area contributed by atoms with Crippen LogP contribution in [0.1, 0.15) is 56.1 Å². The Morgan fingerprint density at radius 2 is 1.75 bits per heavy atom. The van der Waals surface area contributed by atoms with Gasteiger partial charge in [0.2, 0.25) is 0 Å². The van der Waals surface area contributed by atoms with Crippen LogP contribution in [0.2, 0.25) is 0 Å². The van der Waals surface area contributed by atoms with Crippen LogP contribution in [0, 0.1) is 10.1 Å². The molecule has 0 radical (unpaired) electrons.